The predicted molar refractivity (Wildman–Crippen MR) is 127 cm³/mol. The van der Waals surface area contributed by atoms with Gasteiger partial charge < -0.3 is 15.2 Å². The van der Waals surface area contributed by atoms with E-state index >= 15 is 0 Å². The highest BCUT2D eigenvalue weighted by Gasteiger charge is 2.43. The quantitative estimate of drug-likeness (QED) is 0.617. The van der Waals surface area contributed by atoms with E-state index in [1.54, 1.807) is 0 Å². The summed E-state index contributed by atoms with van der Waals surface area (Å²) in [5.74, 6) is -0.117. The van der Waals surface area contributed by atoms with Crippen molar-refractivity contribution in [2.24, 2.45) is 0 Å². The van der Waals surface area contributed by atoms with E-state index in [1.165, 1.54) is 5.56 Å². The number of rotatable bonds is 6. The molecule has 1 saturated heterocycles. The van der Waals surface area contributed by atoms with E-state index in [1.807, 2.05) is 30.3 Å². The lowest BCUT2D eigenvalue weighted by molar-refractivity contribution is 0.0198. The number of hydrogen-bond acceptors (Lipinski definition) is 4. The first-order chi connectivity index (χ1) is 15.6. The molecule has 0 spiro atoms. The molecule has 5 rings (SSSR count). The van der Waals surface area contributed by atoms with Gasteiger partial charge in [0.25, 0.3) is 5.91 Å². The van der Waals surface area contributed by atoms with E-state index in [2.05, 4.69) is 47.5 Å². The van der Waals surface area contributed by atoms with Crippen LogP contribution in [0.25, 0.3) is 21.9 Å². The molecule has 2 fully saturated rings. The van der Waals surface area contributed by atoms with Gasteiger partial charge in [-0.05, 0) is 53.3 Å². The Labute approximate surface area is 189 Å². The lowest BCUT2D eigenvalue weighted by Crippen LogP contribution is -2.39. The number of ether oxygens (including phenoxy) is 1. The second-order valence-electron chi connectivity index (χ2n) is 9.05. The zero-order valence-corrected chi connectivity index (χ0v) is 18.5. The van der Waals surface area contributed by atoms with Gasteiger partial charge in [-0.3, -0.25) is 9.69 Å². The molecule has 1 aliphatic carbocycles. The lowest BCUT2D eigenvalue weighted by Gasteiger charge is -2.32. The fraction of sp³-hybridized carbons (Fsp3) is 0.370. The Morgan fingerprint density at radius 2 is 1.72 bits per heavy atom. The number of morpholine rings is 1. The highest BCUT2D eigenvalue weighted by Crippen LogP contribution is 2.36. The molecule has 1 atom stereocenters. The molecule has 1 saturated carbocycles. The Hall–Kier alpha value is -2.73. The van der Waals surface area contributed by atoms with Gasteiger partial charge in [0.15, 0.2) is 0 Å². The van der Waals surface area contributed by atoms with Crippen molar-refractivity contribution < 1.29 is 14.6 Å². The third-order valence-corrected chi connectivity index (χ3v) is 7.00. The molecule has 0 bridgehead atoms. The van der Waals surface area contributed by atoms with Crippen LogP contribution >= 0.6 is 0 Å². The molecule has 1 aliphatic heterocycles. The predicted octanol–water partition coefficient (Wildman–Crippen LogP) is 4.15. The minimum atomic E-state index is -0.427. The molecule has 166 valence electrons. The number of aliphatic hydroxyl groups excluding tert-OH is 1. The molecule has 5 heteroatoms. The van der Waals surface area contributed by atoms with Crippen molar-refractivity contribution in [2.45, 2.75) is 31.3 Å². The Morgan fingerprint density at radius 1 is 1.03 bits per heavy atom. The van der Waals surface area contributed by atoms with Crippen LogP contribution in [-0.2, 0) is 4.74 Å². The van der Waals surface area contributed by atoms with E-state index in [4.69, 9.17) is 4.74 Å². The van der Waals surface area contributed by atoms with Crippen LogP contribution in [0.2, 0.25) is 0 Å². The lowest BCUT2D eigenvalue weighted by atomic mass is 9.93. The summed E-state index contributed by atoms with van der Waals surface area (Å²) in [5, 5.41) is 14.6. The molecule has 0 radical (unpaired) electrons. The minimum Gasteiger partial charge on any atom is -0.394 e. The maximum atomic E-state index is 13.0. The Kier molecular flexibility index (Phi) is 5.72. The number of hydrogen-bond donors (Lipinski definition) is 2. The second-order valence-corrected chi connectivity index (χ2v) is 9.05. The largest absolute Gasteiger partial charge is 0.394 e. The number of nitrogens with zero attached hydrogens (tertiary/aromatic N) is 1. The maximum Gasteiger partial charge on any atom is 0.252 e. The zero-order valence-electron chi connectivity index (χ0n) is 18.5. The van der Waals surface area contributed by atoms with E-state index in [-0.39, 0.29) is 12.5 Å². The smallest absolute Gasteiger partial charge is 0.252 e. The van der Waals surface area contributed by atoms with Gasteiger partial charge in [-0.15, -0.1) is 0 Å². The summed E-state index contributed by atoms with van der Waals surface area (Å²) < 4.78 is 5.48. The summed E-state index contributed by atoms with van der Waals surface area (Å²) in [7, 11) is 0. The van der Waals surface area contributed by atoms with Crippen LogP contribution in [0.5, 0.6) is 0 Å². The van der Waals surface area contributed by atoms with Crippen LogP contribution in [0.15, 0.2) is 60.7 Å². The monoisotopic (exact) mass is 430 g/mol. The molecule has 1 unspecified atom stereocenters. The van der Waals surface area contributed by atoms with Crippen molar-refractivity contribution in [2.75, 3.05) is 32.9 Å². The summed E-state index contributed by atoms with van der Waals surface area (Å²) in [6, 6.07) is 21.1. The van der Waals surface area contributed by atoms with Gasteiger partial charge in [-0.2, -0.15) is 0 Å². The Balaban J connectivity index is 1.44. The number of nitrogens with one attached hydrogen (secondary N) is 1. The van der Waals surface area contributed by atoms with Gasteiger partial charge in [-0.1, -0.05) is 54.6 Å². The SMILES string of the molecule is CC(c1ccc(-c2ccc(C(=O)NC3(CO)CC3)c3ccccc23)cc1)N1CCOCC1. The van der Waals surface area contributed by atoms with Gasteiger partial charge in [0, 0.05) is 24.7 Å². The van der Waals surface area contributed by atoms with Crippen molar-refractivity contribution in [3.05, 3.63) is 71.8 Å². The van der Waals surface area contributed by atoms with E-state index in [0.717, 1.165) is 61.0 Å². The number of carbonyl (C=O) groups excluding carboxylic acids is 1. The summed E-state index contributed by atoms with van der Waals surface area (Å²) in [5.41, 5.74) is 3.78. The number of aliphatic hydroxyl groups is 1. The van der Waals surface area contributed by atoms with Crippen LogP contribution in [0.3, 0.4) is 0 Å². The highest BCUT2D eigenvalue weighted by molar-refractivity contribution is 6.11. The summed E-state index contributed by atoms with van der Waals surface area (Å²) in [6.07, 6.45) is 1.67. The molecular weight excluding hydrogens is 400 g/mol. The van der Waals surface area contributed by atoms with Gasteiger partial charge in [0.1, 0.15) is 0 Å². The van der Waals surface area contributed by atoms with E-state index in [0.29, 0.717) is 11.6 Å². The molecule has 3 aromatic rings. The first-order valence-electron chi connectivity index (χ1n) is 11.5. The third kappa shape index (κ3) is 4.04. The topological polar surface area (TPSA) is 61.8 Å². The molecule has 2 aliphatic rings. The van der Waals surface area contributed by atoms with Crippen molar-refractivity contribution >= 4 is 16.7 Å². The molecule has 5 nitrogen and oxygen atoms in total. The van der Waals surface area contributed by atoms with Gasteiger partial charge >= 0.3 is 0 Å². The van der Waals surface area contributed by atoms with Gasteiger partial charge in [0.05, 0.1) is 25.4 Å². The van der Waals surface area contributed by atoms with Crippen LogP contribution in [0, 0.1) is 0 Å². The fourth-order valence-electron chi connectivity index (χ4n) is 4.65. The zero-order chi connectivity index (χ0) is 22.1. The van der Waals surface area contributed by atoms with Crippen LogP contribution in [0.1, 0.15) is 41.7 Å². The molecule has 0 aromatic heterocycles. The van der Waals surface area contributed by atoms with Crippen LogP contribution in [-0.4, -0.2) is 54.4 Å². The second kappa shape index (κ2) is 8.66. The standard InChI is InChI=1S/C27H30N2O3/c1-19(29-14-16-32-17-15-29)20-6-8-21(9-7-20)22-10-11-25(24-5-3-2-4-23(22)24)26(31)28-27(18-30)12-13-27/h2-11,19,30H,12-18H2,1H3,(H,28,31). The minimum absolute atomic E-state index is 0.00994. The van der Waals surface area contributed by atoms with E-state index < -0.39 is 5.54 Å². The first kappa shape index (κ1) is 21.1. The summed E-state index contributed by atoms with van der Waals surface area (Å²) in [6.45, 7) is 5.77. The van der Waals surface area contributed by atoms with Crippen molar-refractivity contribution in [3.8, 4) is 11.1 Å². The van der Waals surface area contributed by atoms with Crippen molar-refractivity contribution in [3.63, 3.8) is 0 Å². The molecule has 32 heavy (non-hydrogen) atoms. The number of carbonyl (C=O) groups is 1. The Morgan fingerprint density at radius 3 is 2.38 bits per heavy atom. The Bertz CT molecular complexity index is 1120. The number of amides is 1. The average molecular weight is 431 g/mol. The normalized spacial score (nSPS) is 18.9. The number of benzene rings is 3. The molecule has 1 amide bonds. The summed E-state index contributed by atoms with van der Waals surface area (Å²) in [4.78, 5) is 15.4. The van der Waals surface area contributed by atoms with Gasteiger partial charge in [0.2, 0.25) is 0 Å². The van der Waals surface area contributed by atoms with Crippen molar-refractivity contribution in [1.29, 1.82) is 0 Å². The van der Waals surface area contributed by atoms with Crippen molar-refractivity contribution in [1.82, 2.24) is 10.2 Å². The fourth-order valence-corrected chi connectivity index (χ4v) is 4.65. The van der Waals surface area contributed by atoms with Gasteiger partial charge in [-0.25, -0.2) is 0 Å². The molecule has 1 heterocycles. The number of fused-ring (bicyclic) bond motifs is 1. The van der Waals surface area contributed by atoms with E-state index in [9.17, 15) is 9.90 Å². The maximum absolute atomic E-state index is 13.0. The molecular formula is C27H30N2O3. The highest BCUT2D eigenvalue weighted by atomic mass is 16.5. The third-order valence-electron chi connectivity index (χ3n) is 7.00. The summed E-state index contributed by atoms with van der Waals surface area (Å²) >= 11 is 0. The van der Waals surface area contributed by atoms with Crippen LogP contribution in [0.4, 0.5) is 0 Å². The first-order valence-corrected chi connectivity index (χ1v) is 11.5. The average Bonchev–Trinajstić information content (AvgIpc) is 3.63. The van der Waals surface area contributed by atoms with Crippen LogP contribution < -0.4 is 5.32 Å². The molecule has 3 aromatic carbocycles. The molecule has 2 N–H and O–H groups in total.